The van der Waals surface area contributed by atoms with Gasteiger partial charge in [-0.05, 0) is 36.4 Å². The van der Waals surface area contributed by atoms with Gasteiger partial charge in [0.2, 0.25) is 0 Å². The lowest BCUT2D eigenvalue weighted by Gasteiger charge is -2.07. The Morgan fingerprint density at radius 2 is 1.90 bits per heavy atom. The molecule has 0 spiro atoms. The summed E-state index contributed by atoms with van der Waals surface area (Å²) in [5, 5.41) is 0. The number of anilines is 1. The zero-order valence-corrected chi connectivity index (χ0v) is 11.8. The van der Waals surface area contributed by atoms with Crippen molar-refractivity contribution in [1.29, 1.82) is 0 Å². The summed E-state index contributed by atoms with van der Waals surface area (Å²) in [5.41, 5.74) is 9.41. The van der Waals surface area contributed by atoms with Crippen molar-refractivity contribution in [3.63, 3.8) is 0 Å². The lowest BCUT2D eigenvalue weighted by atomic mass is 10.2. The van der Waals surface area contributed by atoms with Crippen molar-refractivity contribution < 1.29 is 9.47 Å². The normalized spacial score (nSPS) is 10.9. The van der Waals surface area contributed by atoms with Crippen LogP contribution in [0.2, 0.25) is 0 Å². The summed E-state index contributed by atoms with van der Waals surface area (Å²) in [4.78, 5) is 4.43. The molecule has 1 heterocycles. The van der Waals surface area contributed by atoms with E-state index in [1.807, 2.05) is 47.0 Å². The van der Waals surface area contributed by atoms with Crippen molar-refractivity contribution in [1.82, 2.24) is 9.55 Å². The van der Waals surface area contributed by atoms with E-state index in [1.165, 1.54) is 0 Å². The average Bonchev–Trinajstić information content (AvgIpc) is 2.91. The first kappa shape index (κ1) is 13.5. The van der Waals surface area contributed by atoms with E-state index in [9.17, 15) is 0 Å². The van der Waals surface area contributed by atoms with E-state index in [0.29, 0.717) is 13.2 Å². The second-order valence-electron chi connectivity index (χ2n) is 4.70. The van der Waals surface area contributed by atoms with Crippen LogP contribution in [0.25, 0.3) is 16.7 Å². The molecule has 108 valence electrons. The fraction of sp³-hybridized carbons (Fsp3) is 0.188. The van der Waals surface area contributed by atoms with E-state index in [0.717, 1.165) is 28.2 Å². The first-order valence-electron chi connectivity index (χ1n) is 6.73. The molecule has 3 rings (SSSR count). The molecular weight excluding hydrogens is 266 g/mol. The first-order chi connectivity index (χ1) is 10.3. The molecule has 0 aliphatic rings. The van der Waals surface area contributed by atoms with Crippen LogP contribution in [0.5, 0.6) is 5.75 Å². The van der Waals surface area contributed by atoms with Gasteiger partial charge in [0.1, 0.15) is 18.7 Å². The van der Waals surface area contributed by atoms with E-state index >= 15 is 0 Å². The third-order valence-electron chi connectivity index (χ3n) is 3.25. The van der Waals surface area contributed by atoms with E-state index in [-0.39, 0.29) is 0 Å². The monoisotopic (exact) mass is 283 g/mol. The summed E-state index contributed by atoms with van der Waals surface area (Å²) in [6.45, 7) is 1.10. The lowest BCUT2D eigenvalue weighted by molar-refractivity contribution is 0.146. The Morgan fingerprint density at radius 1 is 1.10 bits per heavy atom. The number of benzene rings is 2. The number of hydrogen-bond donors (Lipinski definition) is 1. The number of fused-ring (bicyclic) bond motifs is 1. The van der Waals surface area contributed by atoms with Crippen molar-refractivity contribution in [3.8, 4) is 11.4 Å². The SMILES string of the molecule is COCCOc1ccc2c(c1)ncn2-c1ccc(N)cc1. The van der Waals surface area contributed by atoms with Gasteiger partial charge in [0, 0.05) is 24.6 Å². The number of nitrogens with two attached hydrogens (primary N) is 1. The Bertz CT molecular complexity index is 735. The fourth-order valence-electron chi connectivity index (χ4n) is 2.17. The third-order valence-corrected chi connectivity index (χ3v) is 3.25. The number of hydrogen-bond acceptors (Lipinski definition) is 4. The van der Waals surface area contributed by atoms with E-state index in [2.05, 4.69) is 4.98 Å². The summed E-state index contributed by atoms with van der Waals surface area (Å²) in [6.07, 6.45) is 1.80. The summed E-state index contributed by atoms with van der Waals surface area (Å²) in [5.74, 6) is 0.794. The van der Waals surface area contributed by atoms with Crippen LogP contribution in [0.4, 0.5) is 5.69 Å². The van der Waals surface area contributed by atoms with Crippen LogP contribution in [0.3, 0.4) is 0 Å². The summed E-state index contributed by atoms with van der Waals surface area (Å²) < 4.78 is 12.6. The number of nitrogens with zero attached hydrogens (tertiary/aromatic N) is 2. The summed E-state index contributed by atoms with van der Waals surface area (Å²) in [7, 11) is 1.65. The maximum Gasteiger partial charge on any atom is 0.121 e. The topological polar surface area (TPSA) is 62.3 Å². The van der Waals surface area contributed by atoms with Gasteiger partial charge in [-0.2, -0.15) is 0 Å². The molecular formula is C16H17N3O2. The smallest absolute Gasteiger partial charge is 0.121 e. The van der Waals surface area contributed by atoms with Crippen LogP contribution < -0.4 is 10.5 Å². The largest absolute Gasteiger partial charge is 0.491 e. The van der Waals surface area contributed by atoms with Crippen molar-refractivity contribution in [2.24, 2.45) is 0 Å². The number of imidazole rings is 1. The van der Waals surface area contributed by atoms with Crippen molar-refractivity contribution in [3.05, 3.63) is 48.8 Å². The van der Waals surface area contributed by atoms with Crippen molar-refractivity contribution >= 4 is 16.7 Å². The molecule has 0 fully saturated rings. The number of aromatic nitrogens is 2. The second kappa shape index (κ2) is 5.85. The highest BCUT2D eigenvalue weighted by molar-refractivity contribution is 5.79. The van der Waals surface area contributed by atoms with Crippen LogP contribution in [0, 0.1) is 0 Å². The summed E-state index contributed by atoms with van der Waals surface area (Å²) >= 11 is 0. The van der Waals surface area contributed by atoms with Gasteiger partial charge >= 0.3 is 0 Å². The van der Waals surface area contributed by atoms with Crippen LogP contribution in [-0.2, 0) is 4.74 Å². The van der Waals surface area contributed by atoms with Gasteiger partial charge in [-0.15, -0.1) is 0 Å². The van der Waals surface area contributed by atoms with Gasteiger partial charge in [-0.3, -0.25) is 4.57 Å². The lowest BCUT2D eigenvalue weighted by Crippen LogP contribution is -2.04. The standard InChI is InChI=1S/C16H17N3O2/c1-20-8-9-21-14-6-7-16-15(10-14)18-11-19(16)13-4-2-12(17)3-5-13/h2-7,10-11H,8-9,17H2,1H3. The summed E-state index contributed by atoms with van der Waals surface area (Å²) in [6, 6.07) is 13.6. The first-order valence-corrected chi connectivity index (χ1v) is 6.73. The van der Waals surface area contributed by atoms with Crippen LogP contribution in [0.15, 0.2) is 48.8 Å². The Morgan fingerprint density at radius 3 is 2.67 bits per heavy atom. The highest BCUT2D eigenvalue weighted by Crippen LogP contribution is 2.23. The molecule has 0 unspecified atom stereocenters. The molecule has 3 aromatic rings. The molecule has 0 aliphatic heterocycles. The molecule has 0 aliphatic carbocycles. The van der Waals surface area contributed by atoms with Gasteiger partial charge in [-0.25, -0.2) is 4.98 Å². The molecule has 2 aromatic carbocycles. The van der Waals surface area contributed by atoms with E-state index in [4.69, 9.17) is 15.2 Å². The maximum atomic E-state index is 5.72. The fourth-order valence-corrected chi connectivity index (χ4v) is 2.17. The third kappa shape index (κ3) is 2.83. The Labute approximate surface area is 122 Å². The van der Waals surface area contributed by atoms with Gasteiger partial charge in [0.15, 0.2) is 0 Å². The molecule has 1 aromatic heterocycles. The molecule has 2 N–H and O–H groups in total. The quantitative estimate of drug-likeness (QED) is 0.577. The minimum absolute atomic E-state index is 0.528. The minimum atomic E-state index is 0.528. The molecule has 0 amide bonds. The highest BCUT2D eigenvalue weighted by atomic mass is 16.5. The van der Waals surface area contributed by atoms with E-state index in [1.54, 1.807) is 13.4 Å². The minimum Gasteiger partial charge on any atom is -0.491 e. The number of methoxy groups -OCH3 is 1. The molecule has 0 atom stereocenters. The molecule has 0 saturated carbocycles. The predicted octanol–water partition coefficient (Wildman–Crippen LogP) is 2.63. The maximum absolute atomic E-state index is 5.72. The molecule has 0 bridgehead atoms. The Kier molecular flexibility index (Phi) is 3.75. The highest BCUT2D eigenvalue weighted by Gasteiger charge is 2.06. The van der Waals surface area contributed by atoms with Crippen molar-refractivity contribution in [2.45, 2.75) is 0 Å². The molecule has 5 heteroatoms. The van der Waals surface area contributed by atoms with Gasteiger partial charge in [-0.1, -0.05) is 0 Å². The van der Waals surface area contributed by atoms with Crippen LogP contribution >= 0.6 is 0 Å². The van der Waals surface area contributed by atoms with Gasteiger partial charge in [0.05, 0.1) is 17.6 Å². The number of nitrogen functional groups attached to an aromatic ring is 1. The van der Waals surface area contributed by atoms with E-state index < -0.39 is 0 Å². The predicted molar refractivity (Wildman–Crippen MR) is 82.9 cm³/mol. The second-order valence-corrected chi connectivity index (χ2v) is 4.70. The molecule has 0 saturated heterocycles. The molecule has 0 radical (unpaired) electrons. The van der Waals surface area contributed by atoms with Crippen LogP contribution in [0.1, 0.15) is 0 Å². The average molecular weight is 283 g/mol. The number of ether oxygens (including phenoxy) is 2. The van der Waals surface area contributed by atoms with Crippen LogP contribution in [-0.4, -0.2) is 29.9 Å². The number of rotatable bonds is 5. The Balaban J connectivity index is 1.90. The van der Waals surface area contributed by atoms with Crippen molar-refractivity contribution in [2.75, 3.05) is 26.1 Å². The Hall–Kier alpha value is -2.53. The molecule has 21 heavy (non-hydrogen) atoms. The van der Waals surface area contributed by atoms with Gasteiger partial charge < -0.3 is 15.2 Å². The van der Waals surface area contributed by atoms with Gasteiger partial charge in [0.25, 0.3) is 0 Å². The molecule has 5 nitrogen and oxygen atoms in total. The zero-order chi connectivity index (χ0) is 14.7. The zero-order valence-electron chi connectivity index (χ0n) is 11.8.